The number of esters is 2. The monoisotopic (exact) mass is 1140 g/mol. The summed E-state index contributed by atoms with van der Waals surface area (Å²) in [5.41, 5.74) is 12.1. The van der Waals surface area contributed by atoms with E-state index in [2.05, 4.69) is 90.1 Å². The Labute approximate surface area is 410 Å². The van der Waals surface area contributed by atoms with Crippen molar-refractivity contribution in [3.8, 4) is 0 Å². The molecule has 0 atom stereocenters. The molecule has 5 aromatic heterocycles. The molecule has 8 rings (SSSR count). The van der Waals surface area contributed by atoms with Crippen LogP contribution in [0.2, 0.25) is 10.0 Å². The van der Waals surface area contributed by atoms with Crippen molar-refractivity contribution >= 4 is 125 Å². The Morgan fingerprint density at radius 2 is 1.38 bits per heavy atom. The van der Waals surface area contributed by atoms with Crippen LogP contribution in [0.3, 0.4) is 0 Å². The maximum atomic E-state index is 12.6. The minimum Gasteiger partial charge on any atom is -0.465 e. The van der Waals surface area contributed by atoms with Gasteiger partial charge in [0.25, 0.3) is 0 Å². The van der Waals surface area contributed by atoms with Crippen molar-refractivity contribution in [3.05, 3.63) is 153 Å². The number of carbonyl (C=O) groups excluding carboxylic acids is 3. The molecule has 65 heavy (non-hydrogen) atoms. The third kappa shape index (κ3) is 12.2. The summed E-state index contributed by atoms with van der Waals surface area (Å²) in [6.07, 6.45) is 5.14. The molecule has 0 saturated carbocycles. The highest BCUT2D eigenvalue weighted by Gasteiger charge is 2.23. The van der Waals surface area contributed by atoms with Gasteiger partial charge in [0.15, 0.2) is 0 Å². The van der Waals surface area contributed by atoms with Crippen LogP contribution in [0, 0.1) is 21.0 Å². The lowest BCUT2D eigenvalue weighted by molar-refractivity contribution is 0.0592. The number of hydrogen-bond donors (Lipinski definition) is 3. The van der Waals surface area contributed by atoms with Crippen molar-refractivity contribution in [1.82, 2.24) is 35.5 Å². The van der Waals surface area contributed by atoms with E-state index in [1.54, 1.807) is 74.9 Å². The number of nitrogen functional groups attached to an aromatic ring is 1. The normalized spacial score (nSPS) is 11.1. The Balaban J connectivity index is 0.000000186. The minimum atomic E-state index is -1.12. The average molecular weight is 1140 g/mol. The van der Waals surface area contributed by atoms with Crippen LogP contribution in [0.5, 0.6) is 0 Å². The second-order valence-electron chi connectivity index (χ2n) is 14.9. The van der Waals surface area contributed by atoms with E-state index in [-0.39, 0.29) is 36.7 Å². The number of aryl methyl sites for hydroxylation is 2. The summed E-state index contributed by atoms with van der Waals surface area (Å²) in [6, 6.07) is 19.9. The molecule has 0 radical (unpaired) electrons. The van der Waals surface area contributed by atoms with Crippen LogP contribution in [0.15, 0.2) is 89.7 Å². The van der Waals surface area contributed by atoms with Crippen molar-refractivity contribution in [2.24, 2.45) is 0 Å². The van der Waals surface area contributed by atoms with Gasteiger partial charge in [-0.05, 0) is 144 Å². The number of ether oxygens (including phenoxy) is 2. The lowest BCUT2D eigenvalue weighted by atomic mass is 9.92. The van der Waals surface area contributed by atoms with E-state index in [0.717, 1.165) is 56.7 Å². The molecule has 0 bridgehead atoms. The summed E-state index contributed by atoms with van der Waals surface area (Å²) in [7, 11) is 2.73. The fraction of sp³-hybridized carbons (Fsp3) is 0.196. The number of nitrogens with zero attached hydrogens (tertiary/aromatic N) is 6. The van der Waals surface area contributed by atoms with Crippen LogP contribution in [0.25, 0.3) is 32.7 Å². The number of benzene rings is 3. The molecule has 0 aliphatic carbocycles. The molecule has 8 aromatic rings. The molecule has 0 saturated heterocycles. The van der Waals surface area contributed by atoms with Crippen molar-refractivity contribution < 1.29 is 33.4 Å². The number of anilines is 1. The Morgan fingerprint density at radius 1 is 0.800 bits per heavy atom. The number of nitrogens with two attached hydrogens (primary N) is 1. The van der Waals surface area contributed by atoms with Crippen LogP contribution >= 0.6 is 68.4 Å². The van der Waals surface area contributed by atoms with Gasteiger partial charge in [0.05, 0.1) is 64.0 Å². The Bertz CT molecular complexity index is 3080. The Morgan fingerprint density at radius 3 is 1.98 bits per heavy atom. The zero-order valence-electron chi connectivity index (χ0n) is 35.7. The standard InChI is InChI=1S/C24H25ClN6O3.C11H7ClINO2.C11H8INO2/c1-12-5-19(26)29-13(2)17(12)11-28-22(32)23-31-30-20(34-23)8-14-6-15-9-16(25)10-27-21(15)18(7-14)24(3,4)33;1-16-11(15)7-2-6-3-8(12)5-14-10(6)9(13)4-7;1-15-11(14)8-5-7-3-2-4-13-10(7)9(12)6-8/h5-7,9-10,33H,8,11H2,1-4H3,(H2,26,29)(H,28,32);2-5H,1H3;2-6H,1H3. The van der Waals surface area contributed by atoms with Crippen LogP contribution in [-0.2, 0) is 28.0 Å². The van der Waals surface area contributed by atoms with Crippen LogP contribution in [-0.4, -0.2) is 67.3 Å². The first kappa shape index (κ1) is 48.8. The first-order valence-corrected chi connectivity index (χ1v) is 22.4. The highest BCUT2D eigenvalue weighted by Crippen LogP contribution is 2.31. The first-order valence-electron chi connectivity index (χ1n) is 19.4. The van der Waals surface area contributed by atoms with Gasteiger partial charge in [0.2, 0.25) is 5.89 Å². The van der Waals surface area contributed by atoms with Crippen LogP contribution in [0.1, 0.15) is 79.1 Å². The molecule has 0 aliphatic heterocycles. The topological polar surface area (TPSA) is 218 Å². The van der Waals surface area contributed by atoms with Gasteiger partial charge in [-0.2, -0.15) is 0 Å². The fourth-order valence-electron chi connectivity index (χ4n) is 6.64. The van der Waals surface area contributed by atoms with Gasteiger partial charge in [-0.25, -0.2) is 14.6 Å². The third-order valence-electron chi connectivity index (χ3n) is 9.69. The number of rotatable bonds is 8. The third-order valence-corrected chi connectivity index (χ3v) is 11.7. The number of carbonyl (C=O) groups is 3. The summed E-state index contributed by atoms with van der Waals surface area (Å²) in [5.74, 6) is -0.602. The fourth-order valence-corrected chi connectivity index (χ4v) is 8.55. The lowest BCUT2D eigenvalue weighted by Crippen LogP contribution is -2.24. The van der Waals surface area contributed by atoms with E-state index in [0.29, 0.717) is 38.1 Å². The van der Waals surface area contributed by atoms with Crippen LogP contribution < -0.4 is 11.1 Å². The second-order valence-corrected chi connectivity index (χ2v) is 18.1. The number of fused-ring (bicyclic) bond motifs is 3. The number of hydrogen-bond acceptors (Lipinski definition) is 14. The van der Waals surface area contributed by atoms with Gasteiger partial charge in [-0.3, -0.25) is 19.7 Å². The smallest absolute Gasteiger partial charge is 0.337 e. The lowest BCUT2D eigenvalue weighted by Gasteiger charge is -2.20. The van der Waals surface area contributed by atoms with Gasteiger partial charge in [0.1, 0.15) is 5.82 Å². The quantitative estimate of drug-likeness (QED) is 0.0954. The van der Waals surface area contributed by atoms with Gasteiger partial charge >= 0.3 is 23.7 Å². The molecule has 19 heteroatoms. The van der Waals surface area contributed by atoms with Gasteiger partial charge in [-0.1, -0.05) is 35.3 Å². The van der Waals surface area contributed by atoms with E-state index in [1.807, 2.05) is 38.1 Å². The zero-order chi connectivity index (χ0) is 47.2. The van der Waals surface area contributed by atoms with Crippen molar-refractivity contribution in [2.75, 3.05) is 20.0 Å². The molecule has 5 heterocycles. The molecule has 0 spiro atoms. The van der Waals surface area contributed by atoms with Gasteiger partial charge < -0.3 is 30.0 Å². The van der Waals surface area contributed by atoms with Crippen molar-refractivity contribution in [1.29, 1.82) is 0 Å². The largest absolute Gasteiger partial charge is 0.465 e. The molecule has 15 nitrogen and oxygen atoms in total. The Kier molecular flexibility index (Phi) is 15.9. The molecule has 3 aromatic carbocycles. The maximum absolute atomic E-state index is 12.6. The Hall–Kier alpha value is -5.61. The van der Waals surface area contributed by atoms with Gasteiger partial charge in [0, 0.05) is 59.7 Å². The number of aromatic nitrogens is 6. The summed E-state index contributed by atoms with van der Waals surface area (Å²) in [5, 5.41) is 24.9. The highest BCUT2D eigenvalue weighted by molar-refractivity contribution is 14.1. The molecule has 0 fully saturated rings. The van der Waals surface area contributed by atoms with E-state index >= 15 is 0 Å². The van der Waals surface area contributed by atoms with E-state index in [1.165, 1.54) is 14.2 Å². The number of pyridine rings is 4. The second kappa shape index (κ2) is 21.1. The minimum absolute atomic E-state index is 0.137. The van der Waals surface area contributed by atoms with Gasteiger partial charge in [-0.15, -0.1) is 10.2 Å². The number of amides is 1. The predicted molar refractivity (Wildman–Crippen MR) is 265 cm³/mol. The molecule has 334 valence electrons. The van der Waals surface area contributed by atoms with Crippen molar-refractivity contribution in [3.63, 3.8) is 0 Å². The van der Waals surface area contributed by atoms with E-state index < -0.39 is 11.5 Å². The zero-order valence-corrected chi connectivity index (χ0v) is 41.5. The highest BCUT2D eigenvalue weighted by atomic mass is 127. The molecule has 0 aliphatic rings. The number of methoxy groups -OCH3 is 2. The summed E-state index contributed by atoms with van der Waals surface area (Å²) in [4.78, 5) is 52.4. The number of aliphatic hydroxyl groups is 1. The summed E-state index contributed by atoms with van der Waals surface area (Å²) in [6.45, 7) is 7.39. The molecule has 1 amide bonds. The SMILES string of the molecule is COC(=O)c1cc(I)c2ncc(Cl)cc2c1.COC(=O)c1cc(I)c2ncccc2c1.Cc1cc(N)nc(C)c1CNC(=O)c1nnc(Cc2cc(C(C)(C)O)c3ncc(Cl)cc3c2)o1. The van der Waals surface area contributed by atoms with E-state index in [4.69, 9.17) is 33.4 Å². The molecular weight excluding hydrogens is 1100 g/mol. The summed E-state index contributed by atoms with van der Waals surface area (Å²) >= 11 is 16.3. The predicted octanol–water partition coefficient (Wildman–Crippen LogP) is 9.52. The number of halogens is 4. The molecular formula is C46H40Cl2I2N8O7. The summed E-state index contributed by atoms with van der Waals surface area (Å²) < 4.78 is 16.8. The van der Waals surface area contributed by atoms with Crippen LogP contribution in [0.4, 0.5) is 5.82 Å². The van der Waals surface area contributed by atoms with Crippen molar-refractivity contribution in [2.45, 2.75) is 46.3 Å². The molecule has 0 unspecified atom stereocenters. The number of nitrogens with one attached hydrogen (secondary N) is 1. The first-order chi connectivity index (χ1) is 30.8. The van der Waals surface area contributed by atoms with E-state index in [9.17, 15) is 19.5 Å². The average Bonchev–Trinajstić information content (AvgIpc) is 3.73. The maximum Gasteiger partial charge on any atom is 0.337 e. The molecule has 4 N–H and O–H groups in total.